The largest absolute Gasteiger partial charge is 0.299 e. The molecule has 1 heterocycles. The number of halogens is 2. The maximum Gasteiger partial charge on any atom is 0.137 e. The number of thioether (sulfide) groups is 1. The summed E-state index contributed by atoms with van der Waals surface area (Å²) in [6.07, 6.45) is 3.42. The third kappa shape index (κ3) is 4.18. The lowest BCUT2D eigenvalue weighted by molar-refractivity contribution is -0.119. The van der Waals surface area contributed by atoms with E-state index in [9.17, 15) is 4.79 Å². The molecule has 98 valence electrons. The molecule has 1 nitrogen and oxygen atoms in total. The van der Waals surface area contributed by atoms with E-state index in [0.29, 0.717) is 28.8 Å². The Morgan fingerprint density at radius 3 is 2.72 bits per heavy atom. The van der Waals surface area contributed by atoms with E-state index in [1.165, 1.54) is 24.3 Å². The maximum atomic E-state index is 12.0. The highest BCUT2D eigenvalue weighted by molar-refractivity contribution is 7.99. The number of rotatable bonds is 4. The molecule has 0 atom stereocenters. The molecule has 1 aromatic carbocycles. The first kappa shape index (κ1) is 14.2. The summed E-state index contributed by atoms with van der Waals surface area (Å²) in [6, 6.07) is 5.29. The number of hydrogen-bond acceptors (Lipinski definition) is 2. The van der Waals surface area contributed by atoms with Crippen molar-refractivity contribution in [2.24, 2.45) is 5.92 Å². The minimum atomic E-state index is 0.274. The Kier molecular flexibility index (Phi) is 5.40. The van der Waals surface area contributed by atoms with Crippen molar-refractivity contribution in [3.63, 3.8) is 0 Å². The van der Waals surface area contributed by atoms with Crippen LogP contribution in [-0.4, -0.2) is 17.3 Å². The second-order valence-corrected chi connectivity index (χ2v) is 6.78. The summed E-state index contributed by atoms with van der Waals surface area (Å²) in [4.78, 5) is 12.0. The Morgan fingerprint density at radius 1 is 1.28 bits per heavy atom. The van der Waals surface area contributed by atoms with Gasteiger partial charge in [-0.05, 0) is 54.0 Å². The average molecular weight is 303 g/mol. The molecular weight excluding hydrogens is 287 g/mol. The monoisotopic (exact) mass is 302 g/mol. The van der Waals surface area contributed by atoms with Gasteiger partial charge in [-0.3, -0.25) is 4.79 Å². The standard InChI is InChI=1S/C14H16Cl2OS/c15-12-1-2-14(16)11(8-12)9-13(17)7-10-3-5-18-6-4-10/h1-2,8,10H,3-7,9H2. The summed E-state index contributed by atoms with van der Waals surface area (Å²) in [5, 5.41) is 1.27. The highest BCUT2D eigenvalue weighted by Gasteiger charge is 2.18. The molecule has 2 rings (SSSR count). The van der Waals surface area contributed by atoms with Crippen LogP contribution < -0.4 is 0 Å². The molecular formula is C14H16Cl2OS. The van der Waals surface area contributed by atoms with E-state index < -0.39 is 0 Å². The van der Waals surface area contributed by atoms with Gasteiger partial charge in [0.25, 0.3) is 0 Å². The highest BCUT2D eigenvalue weighted by atomic mass is 35.5. The van der Waals surface area contributed by atoms with Crippen LogP contribution in [0.4, 0.5) is 0 Å². The Morgan fingerprint density at radius 2 is 2.00 bits per heavy atom. The quantitative estimate of drug-likeness (QED) is 0.806. The molecule has 4 heteroatoms. The Balaban J connectivity index is 1.92. The number of carbonyl (C=O) groups is 1. The molecule has 0 unspecified atom stereocenters. The van der Waals surface area contributed by atoms with Crippen LogP contribution in [0, 0.1) is 5.92 Å². The van der Waals surface area contributed by atoms with Crippen molar-refractivity contribution in [2.75, 3.05) is 11.5 Å². The van der Waals surface area contributed by atoms with E-state index in [1.54, 1.807) is 18.2 Å². The van der Waals surface area contributed by atoms with Gasteiger partial charge in [0, 0.05) is 22.9 Å². The lowest BCUT2D eigenvalue weighted by Gasteiger charge is -2.20. The van der Waals surface area contributed by atoms with Crippen molar-refractivity contribution < 1.29 is 4.79 Å². The van der Waals surface area contributed by atoms with Crippen molar-refractivity contribution in [1.82, 2.24) is 0 Å². The zero-order valence-electron chi connectivity index (χ0n) is 10.1. The van der Waals surface area contributed by atoms with Crippen LogP contribution in [0.1, 0.15) is 24.8 Å². The fourth-order valence-electron chi connectivity index (χ4n) is 2.24. The van der Waals surface area contributed by atoms with Gasteiger partial charge < -0.3 is 0 Å². The summed E-state index contributed by atoms with van der Waals surface area (Å²) in [5.41, 5.74) is 0.847. The summed E-state index contributed by atoms with van der Waals surface area (Å²) in [5.74, 6) is 3.22. The average Bonchev–Trinajstić information content (AvgIpc) is 2.35. The topological polar surface area (TPSA) is 17.1 Å². The fraction of sp³-hybridized carbons (Fsp3) is 0.500. The molecule has 0 saturated carbocycles. The minimum Gasteiger partial charge on any atom is -0.299 e. The first-order valence-corrected chi connectivity index (χ1v) is 8.09. The first-order chi connectivity index (χ1) is 8.65. The van der Waals surface area contributed by atoms with Crippen molar-refractivity contribution in [1.29, 1.82) is 0 Å². The molecule has 1 aliphatic heterocycles. The van der Waals surface area contributed by atoms with E-state index >= 15 is 0 Å². The van der Waals surface area contributed by atoms with E-state index in [0.717, 1.165) is 5.56 Å². The second kappa shape index (κ2) is 6.83. The number of benzene rings is 1. The predicted octanol–water partition coefficient (Wildman–Crippen LogP) is 4.64. The molecule has 0 N–H and O–H groups in total. The normalized spacial score (nSPS) is 16.8. The van der Waals surface area contributed by atoms with Crippen LogP contribution in [0.3, 0.4) is 0 Å². The summed E-state index contributed by atoms with van der Waals surface area (Å²) >= 11 is 14.0. The van der Waals surface area contributed by atoms with Crippen LogP contribution in [0.25, 0.3) is 0 Å². The van der Waals surface area contributed by atoms with Gasteiger partial charge in [-0.15, -0.1) is 0 Å². The molecule has 1 fully saturated rings. The molecule has 1 aromatic rings. The van der Waals surface area contributed by atoms with Crippen LogP contribution in [0.15, 0.2) is 18.2 Å². The Bertz CT molecular complexity index is 428. The Hall–Kier alpha value is -0.180. The SMILES string of the molecule is O=C(Cc1cc(Cl)ccc1Cl)CC1CCSCC1. The lowest BCUT2D eigenvalue weighted by atomic mass is 9.94. The zero-order chi connectivity index (χ0) is 13.0. The van der Waals surface area contributed by atoms with Crippen LogP contribution >= 0.6 is 35.0 Å². The second-order valence-electron chi connectivity index (χ2n) is 4.71. The van der Waals surface area contributed by atoms with Crippen molar-refractivity contribution >= 4 is 40.7 Å². The van der Waals surface area contributed by atoms with E-state index in [2.05, 4.69) is 0 Å². The molecule has 1 aliphatic rings. The zero-order valence-corrected chi connectivity index (χ0v) is 12.5. The van der Waals surface area contributed by atoms with Gasteiger partial charge in [0.1, 0.15) is 5.78 Å². The summed E-state index contributed by atoms with van der Waals surface area (Å²) < 4.78 is 0. The summed E-state index contributed by atoms with van der Waals surface area (Å²) in [6.45, 7) is 0. The van der Waals surface area contributed by atoms with Crippen molar-refractivity contribution in [2.45, 2.75) is 25.7 Å². The molecule has 0 aromatic heterocycles. The fourth-order valence-corrected chi connectivity index (χ4v) is 3.82. The molecule has 0 aliphatic carbocycles. The molecule has 0 radical (unpaired) electrons. The number of hydrogen-bond donors (Lipinski definition) is 0. The minimum absolute atomic E-state index is 0.274. The van der Waals surface area contributed by atoms with Gasteiger partial charge in [0.2, 0.25) is 0 Å². The molecule has 0 bridgehead atoms. The Labute approximate surface area is 122 Å². The number of Topliss-reactive ketones (excluding diaryl/α,β-unsaturated/α-hetero) is 1. The van der Waals surface area contributed by atoms with Gasteiger partial charge in [0.05, 0.1) is 0 Å². The third-order valence-electron chi connectivity index (χ3n) is 3.25. The predicted molar refractivity (Wildman–Crippen MR) is 79.8 cm³/mol. The highest BCUT2D eigenvalue weighted by Crippen LogP contribution is 2.27. The van der Waals surface area contributed by atoms with Crippen molar-refractivity contribution in [3.05, 3.63) is 33.8 Å². The maximum absolute atomic E-state index is 12.0. The van der Waals surface area contributed by atoms with Gasteiger partial charge in [-0.25, -0.2) is 0 Å². The molecule has 0 spiro atoms. The third-order valence-corrected chi connectivity index (χ3v) is 4.91. The van der Waals surface area contributed by atoms with E-state index in [4.69, 9.17) is 23.2 Å². The van der Waals surface area contributed by atoms with Gasteiger partial charge in [-0.1, -0.05) is 23.2 Å². The van der Waals surface area contributed by atoms with Crippen LogP contribution in [-0.2, 0) is 11.2 Å². The smallest absolute Gasteiger partial charge is 0.137 e. The van der Waals surface area contributed by atoms with Gasteiger partial charge in [-0.2, -0.15) is 11.8 Å². The van der Waals surface area contributed by atoms with E-state index in [-0.39, 0.29) is 5.78 Å². The molecule has 0 amide bonds. The summed E-state index contributed by atoms with van der Waals surface area (Å²) in [7, 11) is 0. The molecule has 18 heavy (non-hydrogen) atoms. The van der Waals surface area contributed by atoms with Gasteiger partial charge >= 0.3 is 0 Å². The first-order valence-electron chi connectivity index (χ1n) is 6.18. The van der Waals surface area contributed by atoms with E-state index in [1.807, 2.05) is 11.8 Å². The number of ketones is 1. The van der Waals surface area contributed by atoms with Crippen LogP contribution in [0.2, 0.25) is 10.0 Å². The molecule has 1 saturated heterocycles. The van der Waals surface area contributed by atoms with Crippen LogP contribution in [0.5, 0.6) is 0 Å². The lowest BCUT2D eigenvalue weighted by Crippen LogP contribution is -2.15. The number of carbonyl (C=O) groups excluding carboxylic acids is 1. The van der Waals surface area contributed by atoms with Gasteiger partial charge in [0.15, 0.2) is 0 Å². The van der Waals surface area contributed by atoms with Crippen molar-refractivity contribution in [3.8, 4) is 0 Å².